The van der Waals surface area contributed by atoms with Crippen LogP contribution in [0.1, 0.15) is 54.2 Å². The number of amides is 2. The zero-order valence-electron chi connectivity index (χ0n) is 16.3. The summed E-state index contributed by atoms with van der Waals surface area (Å²) in [6, 6.07) is 13.5. The summed E-state index contributed by atoms with van der Waals surface area (Å²) in [5.74, 6) is -0.273. The largest absolute Gasteiger partial charge is 0.352 e. The van der Waals surface area contributed by atoms with Gasteiger partial charge < -0.3 is 10.6 Å². The molecule has 0 fully saturated rings. The van der Waals surface area contributed by atoms with Crippen molar-refractivity contribution in [2.45, 2.75) is 46.5 Å². The molecular weight excluding hydrogens is 324 g/mol. The third kappa shape index (κ3) is 5.45. The molecule has 0 aliphatic heterocycles. The van der Waals surface area contributed by atoms with E-state index in [4.69, 9.17) is 0 Å². The van der Waals surface area contributed by atoms with Crippen molar-refractivity contribution in [2.24, 2.45) is 0 Å². The van der Waals surface area contributed by atoms with Crippen LogP contribution in [0.2, 0.25) is 0 Å². The Hall–Kier alpha value is -2.62. The summed E-state index contributed by atoms with van der Waals surface area (Å²) >= 11 is 0. The van der Waals surface area contributed by atoms with Crippen LogP contribution in [-0.2, 0) is 10.2 Å². The molecule has 0 radical (unpaired) electrons. The molecule has 4 nitrogen and oxygen atoms in total. The highest BCUT2D eigenvalue weighted by molar-refractivity contribution is 5.95. The lowest BCUT2D eigenvalue weighted by Crippen LogP contribution is -2.27. The van der Waals surface area contributed by atoms with Gasteiger partial charge in [0.05, 0.1) is 0 Å². The van der Waals surface area contributed by atoms with Crippen molar-refractivity contribution in [1.29, 1.82) is 0 Å². The standard InChI is InChI=1S/C22H28N2O2/c1-15-6-11-19(16(2)14-15)24-20(25)12-13-23-21(26)17-7-9-18(10-8-17)22(3,4)5/h6-11,14H,12-13H2,1-5H3,(H,23,26)(H,24,25). The minimum absolute atomic E-state index is 0.0568. The number of aryl methyl sites for hydroxylation is 2. The topological polar surface area (TPSA) is 58.2 Å². The van der Waals surface area contributed by atoms with Crippen molar-refractivity contribution in [3.63, 3.8) is 0 Å². The SMILES string of the molecule is Cc1ccc(NC(=O)CCNC(=O)c2ccc(C(C)(C)C)cc2)c(C)c1. The Morgan fingerprint density at radius 2 is 1.62 bits per heavy atom. The average molecular weight is 352 g/mol. The van der Waals surface area contributed by atoms with Crippen LogP contribution in [-0.4, -0.2) is 18.4 Å². The van der Waals surface area contributed by atoms with Gasteiger partial charge in [-0.15, -0.1) is 0 Å². The molecule has 0 unspecified atom stereocenters. The Bertz CT molecular complexity index is 787. The molecule has 0 saturated heterocycles. The molecule has 2 rings (SSSR count). The Morgan fingerprint density at radius 1 is 0.962 bits per heavy atom. The maximum Gasteiger partial charge on any atom is 0.251 e. The minimum atomic E-state index is -0.162. The van der Waals surface area contributed by atoms with Crippen LogP contribution in [0, 0.1) is 13.8 Å². The van der Waals surface area contributed by atoms with Crippen molar-refractivity contribution < 1.29 is 9.59 Å². The summed E-state index contributed by atoms with van der Waals surface area (Å²) < 4.78 is 0. The van der Waals surface area contributed by atoms with Crippen molar-refractivity contribution in [3.05, 3.63) is 64.7 Å². The average Bonchev–Trinajstić information content (AvgIpc) is 2.56. The second kappa shape index (κ2) is 8.17. The van der Waals surface area contributed by atoms with Crippen LogP contribution in [0.3, 0.4) is 0 Å². The van der Waals surface area contributed by atoms with E-state index in [0.29, 0.717) is 12.1 Å². The van der Waals surface area contributed by atoms with Crippen LogP contribution in [0.5, 0.6) is 0 Å². The van der Waals surface area contributed by atoms with Crippen molar-refractivity contribution in [3.8, 4) is 0 Å². The van der Waals surface area contributed by atoms with Gasteiger partial charge in [-0.25, -0.2) is 0 Å². The van der Waals surface area contributed by atoms with Crippen LogP contribution in [0.25, 0.3) is 0 Å². The van der Waals surface area contributed by atoms with E-state index in [2.05, 4.69) is 31.4 Å². The lowest BCUT2D eigenvalue weighted by molar-refractivity contribution is -0.116. The van der Waals surface area contributed by atoms with E-state index in [9.17, 15) is 9.59 Å². The zero-order valence-corrected chi connectivity index (χ0v) is 16.3. The van der Waals surface area contributed by atoms with Gasteiger partial charge in [-0.2, -0.15) is 0 Å². The zero-order chi connectivity index (χ0) is 19.3. The van der Waals surface area contributed by atoms with Gasteiger partial charge in [0.15, 0.2) is 0 Å². The molecule has 0 aliphatic rings. The highest BCUT2D eigenvalue weighted by atomic mass is 16.2. The van der Waals surface area contributed by atoms with E-state index in [1.165, 1.54) is 5.56 Å². The second-order valence-corrected chi connectivity index (χ2v) is 7.70. The number of benzene rings is 2. The molecule has 0 atom stereocenters. The Labute approximate surface area is 156 Å². The van der Waals surface area contributed by atoms with Crippen LogP contribution in [0.4, 0.5) is 5.69 Å². The first-order chi connectivity index (χ1) is 12.2. The number of anilines is 1. The minimum Gasteiger partial charge on any atom is -0.352 e. The van der Waals surface area contributed by atoms with E-state index in [1.807, 2.05) is 56.3 Å². The summed E-state index contributed by atoms with van der Waals surface area (Å²) in [4.78, 5) is 24.3. The number of hydrogen-bond acceptors (Lipinski definition) is 2. The molecule has 2 N–H and O–H groups in total. The lowest BCUT2D eigenvalue weighted by Gasteiger charge is -2.19. The molecule has 0 spiro atoms. The quantitative estimate of drug-likeness (QED) is 0.840. The predicted octanol–water partition coefficient (Wildman–Crippen LogP) is 4.36. The maximum absolute atomic E-state index is 12.2. The van der Waals surface area contributed by atoms with Crippen LogP contribution >= 0.6 is 0 Å². The smallest absolute Gasteiger partial charge is 0.251 e. The summed E-state index contributed by atoms with van der Waals surface area (Å²) in [7, 11) is 0. The van der Waals surface area contributed by atoms with E-state index in [1.54, 1.807) is 0 Å². The number of carbonyl (C=O) groups is 2. The van der Waals surface area contributed by atoms with Crippen molar-refractivity contribution in [2.75, 3.05) is 11.9 Å². The number of nitrogens with one attached hydrogen (secondary N) is 2. The molecule has 0 heterocycles. The fourth-order valence-electron chi connectivity index (χ4n) is 2.68. The first kappa shape index (κ1) is 19.7. The molecule has 2 aromatic carbocycles. The molecule has 26 heavy (non-hydrogen) atoms. The van der Waals surface area contributed by atoms with Crippen molar-refractivity contribution in [1.82, 2.24) is 5.32 Å². The molecule has 2 amide bonds. The van der Waals surface area contributed by atoms with E-state index < -0.39 is 0 Å². The van der Waals surface area contributed by atoms with E-state index in [0.717, 1.165) is 16.8 Å². The fraction of sp³-hybridized carbons (Fsp3) is 0.364. The van der Waals surface area contributed by atoms with Crippen LogP contribution in [0.15, 0.2) is 42.5 Å². The Kier molecular flexibility index (Phi) is 6.19. The van der Waals surface area contributed by atoms with E-state index in [-0.39, 0.29) is 23.7 Å². The molecule has 138 valence electrons. The van der Waals surface area contributed by atoms with E-state index >= 15 is 0 Å². The third-order valence-electron chi connectivity index (χ3n) is 4.31. The summed E-state index contributed by atoms with van der Waals surface area (Å²) in [5.41, 5.74) is 4.84. The summed E-state index contributed by atoms with van der Waals surface area (Å²) in [6.07, 6.45) is 0.235. The normalized spacial score (nSPS) is 11.1. The van der Waals surface area contributed by atoms with Gasteiger partial charge >= 0.3 is 0 Å². The molecule has 0 aromatic heterocycles. The maximum atomic E-state index is 12.2. The van der Waals surface area contributed by atoms with Gasteiger partial charge in [-0.1, -0.05) is 50.6 Å². The number of rotatable bonds is 5. The third-order valence-corrected chi connectivity index (χ3v) is 4.31. The second-order valence-electron chi connectivity index (χ2n) is 7.70. The van der Waals surface area contributed by atoms with Gasteiger partial charge in [-0.05, 0) is 48.6 Å². The monoisotopic (exact) mass is 352 g/mol. The van der Waals surface area contributed by atoms with Crippen LogP contribution < -0.4 is 10.6 Å². The predicted molar refractivity (Wildman–Crippen MR) is 107 cm³/mol. The highest BCUT2D eigenvalue weighted by Gasteiger charge is 2.14. The van der Waals surface area contributed by atoms with Gasteiger partial charge in [-0.3, -0.25) is 9.59 Å². The van der Waals surface area contributed by atoms with Gasteiger partial charge in [0, 0.05) is 24.2 Å². The number of carbonyl (C=O) groups excluding carboxylic acids is 2. The first-order valence-corrected chi connectivity index (χ1v) is 8.92. The van der Waals surface area contributed by atoms with Crippen molar-refractivity contribution >= 4 is 17.5 Å². The molecular formula is C22H28N2O2. The highest BCUT2D eigenvalue weighted by Crippen LogP contribution is 2.22. The first-order valence-electron chi connectivity index (χ1n) is 8.92. The molecule has 0 aliphatic carbocycles. The van der Waals surface area contributed by atoms with Gasteiger partial charge in [0.25, 0.3) is 5.91 Å². The Balaban J connectivity index is 1.83. The number of hydrogen-bond donors (Lipinski definition) is 2. The molecule has 0 saturated carbocycles. The molecule has 2 aromatic rings. The summed E-state index contributed by atoms with van der Waals surface area (Å²) in [5, 5.41) is 5.68. The molecule has 0 bridgehead atoms. The van der Waals surface area contributed by atoms with Gasteiger partial charge in [0.2, 0.25) is 5.91 Å². The molecule has 4 heteroatoms. The Morgan fingerprint density at radius 3 is 2.19 bits per heavy atom. The van der Waals surface area contributed by atoms with Gasteiger partial charge in [0.1, 0.15) is 0 Å². The fourth-order valence-corrected chi connectivity index (χ4v) is 2.68. The summed E-state index contributed by atoms with van der Waals surface area (Å²) in [6.45, 7) is 10.7. The lowest BCUT2D eigenvalue weighted by atomic mass is 9.87.